The van der Waals surface area contributed by atoms with E-state index >= 15 is 0 Å². The van der Waals surface area contributed by atoms with E-state index in [9.17, 15) is 14.9 Å². The van der Waals surface area contributed by atoms with Crippen molar-refractivity contribution in [2.24, 2.45) is 0 Å². The molecule has 1 amide bonds. The molecule has 8 heteroatoms. The van der Waals surface area contributed by atoms with Crippen LogP contribution in [0, 0.1) is 10.1 Å². The largest absolute Gasteiger partial charge is 0.383 e. The van der Waals surface area contributed by atoms with Crippen LogP contribution in [0.4, 0.5) is 11.4 Å². The second-order valence-electron chi connectivity index (χ2n) is 5.83. The molecule has 0 unspecified atom stereocenters. The maximum absolute atomic E-state index is 11.9. The molecule has 0 saturated heterocycles. The molecule has 7 nitrogen and oxygen atoms in total. The lowest BCUT2D eigenvalue weighted by atomic mass is 10.1. The number of quaternary nitrogens is 1. The Morgan fingerprint density at radius 3 is 2.54 bits per heavy atom. The van der Waals surface area contributed by atoms with Gasteiger partial charge >= 0.3 is 0 Å². The Morgan fingerprint density at radius 2 is 1.88 bits per heavy atom. The number of anilines is 1. The SMILES string of the molecule is C[C@@H]([NH2+]CC(=O)NCCNc1ccc([N+](=O)[O-])cc1)c1ccccc1Cl. The van der Waals surface area contributed by atoms with Gasteiger partial charge in [0.05, 0.1) is 4.92 Å². The molecule has 2 rings (SSSR count). The third-order valence-corrected chi connectivity index (χ3v) is 4.25. The summed E-state index contributed by atoms with van der Waals surface area (Å²) in [5.41, 5.74) is 1.82. The normalized spacial score (nSPS) is 11.6. The third kappa shape index (κ3) is 6.02. The zero-order valence-corrected chi connectivity index (χ0v) is 15.2. The number of halogens is 1. The highest BCUT2D eigenvalue weighted by atomic mass is 35.5. The molecule has 0 radical (unpaired) electrons. The van der Waals surface area contributed by atoms with Crippen LogP contribution in [0.3, 0.4) is 0 Å². The van der Waals surface area contributed by atoms with E-state index in [-0.39, 0.29) is 17.6 Å². The summed E-state index contributed by atoms with van der Waals surface area (Å²) in [6.45, 7) is 3.31. The Kier molecular flexibility index (Phi) is 7.37. The van der Waals surface area contributed by atoms with Gasteiger partial charge in [0.25, 0.3) is 11.6 Å². The van der Waals surface area contributed by atoms with E-state index in [0.29, 0.717) is 24.7 Å². The predicted octanol–water partition coefficient (Wildman–Crippen LogP) is 2.10. The number of amides is 1. The van der Waals surface area contributed by atoms with E-state index < -0.39 is 4.92 Å². The lowest BCUT2D eigenvalue weighted by molar-refractivity contribution is -0.682. The van der Waals surface area contributed by atoms with Gasteiger partial charge in [-0.05, 0) is 25.1 Å². The maximum atomic E-state index is 11.9. The second-order valence-corrected chi connectivity index (χ2v) is 6.24. The van der Waals surface area contributed by atoms with Gasteiger partial charge in [0.15, 0.2) is 6.54 Å². The number of nitro groups is 1. The van der Waals surface area contributed by atoms with Crippen LogP contribution < -0.4 is 16.0 Å². The van der Waals surface area contributed by atoms with Crippen molar-refractivity contribution in [2.75, 3.05) is 25.0 Å². The van der Waals surface area contributed by atoms with Crippen molar-refractivity contribution in [3.8, 4) is 0 Å². The molecule has 0 bridgehead atoms. The average Bonchev–Trinajstić information content (AvgIpc) is 2.64. The van der Waals surface area contributed by atoms with Crippen molar-refractivity contribution in [1.29, 1.82) is 0 Å². The molecule has 1 atom stereocenters. The summed E-state index contributed by atoms with van der Waals surface area (Å²) < 4.78 is 0. The van der Waals surface area contributed by atoms with Gasteiger partial charge in [0.2, 0.25) is 0 Å². The van der Waals surface area contributed by atoms with Crippen molar-refractivity contribution in [1.82, 2.24) is 5.32 Å². The van der Waals surface area contributed by atoms with Crippen LogP contribution in [-0.2, 0) is 4.79 Å². The molecule has 26 heavy (non-hydrogen) atoms. The van der Waals surface area contributed by atoms with Gasteiger partial charge in [0.1, 0.15) is 6.04 Å². The van der Waals surface area contributed by atoms with Gasteiger partial charge < -0.3 is 16.0 Å². The summed E-state index contributed by atoms with van der Waals surface area (Å²) in [5.74, 6) is -0.0607. The molecular weight excluding hydrogens is 356 g/mol. The molecule has 2 aromatic carbocycles. The number of benzene rings is 2. The van der Waals surface area contributed by atoms with Crippen LogP contribution >= 0.6 is 11.6 Å². The molecule has 0 aliphatic carbocycles. The lowest BCUT2D eigenvalue weighted by Gasteiger charge is -2.12. The molecule has 0 aliphatic heterocycles. The van der Waals surface area contributed by atoms with Crippen molar-refractivity contribution in [2.45, 2.75) is 13.0 Å². The first-order valence-corrected chi connectivity index (χ1v) is 8.68. The third-order valence-electron chi connectivity index (χ3n) is 3.91. The van der Waals surface area contributed by atoms with E-state index in [1.807, 2.05) is 36.5 Å². The minimum atomic E-state index is -0.440. The number of non-ortho nitro benzene ring substituents is 1. The molecule has 0 fully saturated rings. The fraction of sp³-hybridized carbons (Fsp3) is 0.278. The Bertz CT molecular complexity index is 752. The van der Waals surface area contributed by atoms with E-state index in [1.54, 1.807) is 12.1 Å². The first kappa shape index (κ1) is 19.7. The quantitative estimate of drug-likeness (QED) is 0.354. The lowest BCUT2D eigenvalue weighted by Crippen LogP contribution is -2.87. The number of hydrogen-bond acceptors (Lipinski definition) is 4. The number of carbonyl (C=O) groups is 1. The van der Waals surface area contributed by atoms with Crippen molar-refractivity contribution < 1.29 is 15.0 Å². The Balaban J connectivity index is 1.66. The van der Waals surface area contributed by atoms with Crippen molar-refractivity contribution in [3.05, 3.63) is 69.2 Å². The minimum Gasteiger partial charge on any atom is -0.383 e. The summed E-state index contributed by atoms with van der Waals surface area (Å²) in [7, 11) is 0. The van der Waals surface area contributed by atoms with Crippen LogP contribution in [0.25, 0.3) is 0 Å². The van der Waals surface area contributed by atoms with Gasteiger partial charge in [-0.25, -0.2) is 0 Å². The van der Waals surface area contributed by atoms with Crippen molar-refractivity contribution >= 4 is 28.9 Å². The van der Waals surface area contributed by atoms with Gasteiger partial charge in [-0.1, -0.05) is 29.8 Å². The number of nitro benzene ring substituents is 1. The highest BCUT2D eigenvalue weighted by molar-refractivity contribution is 6.31. The molecular formula is C18H22ClN4O3+. The number of nitrogens with zero attached hydrogens (tertiary/aromatic N) is 1. The predicted molar refractivity (Wildman–Crippen MR) is 101 cm³/mol. The van der Waals surface area contributed by atoms with Crippen LogP contribution in [0.15, 0.2) is 48.5 Å². The fourth-order valence-corrected chi connectivity index (χ4v) is 2.74. The highest BCUT2D eigenvalue weighted by Gasteiger charge is 2.13. The zero-order valence-electron chi connectivity index (χ0n) is 14.4. The molecule has 0 aromatic heterocycles. The van der Waals surface area contributed by atoms with Crippen molar-refractivity contribution in [3.63, 3.8) is 0 Å². The summed E-state index contributed by atoms with van der Waals surface area (Å²) in [5, 5.41) is 19.2. The Labute approximate surface area is 156 Å². The molecule has 0 spiro atoms. The minimum absolute atomic E-state index is 0.0482. The molecule has 2 aromatic rings. The molecule has 0 heterocycles. The van der Waals surface area contributed by atoms with E-state index in [4.69, 9.17) is 11.6 Å². The first-order chi connectivity index (χ1) is 12.5. The molecule has 0 aliphatic rings. The van der Waals surface area contributed by atoms with E-state index in [2.05, 4.69) is 10.6 Å². The fourth-order valence-electron chi connectivity index (χ4n) is 2.44. The summed E-state index contributed by atoms with van der Waals surface area (Å²) >= 11 is 6.16. The van der Waals surface area contributed by atoms with Crippen LogP contribution in [0.1, 0.15) is 18.5 Å². The number of nitrogens with two attached hydrogens (primary N) is 1. The molecule has 138 valence electrons. The number of hydrogen-bond donors (Lipinski definition) is 3. The smallest absolute Gasteiger partial charge is 0.275 e. The van der Waals surface area contributed by atoms with Crippen LogP contribution in [0.5, 0.6) is 0 Å². The van der Waals surface area contributed by atoms with Gasteiger partial charge in [0, 0.05) is 41.5 Å². The second kappa shape index (κ2) is 9.74. The summed E-state index contributed by atoms with van der Waals surface area (Å²) in [4.78, 5) is 22.1. The summed E-state index contributed by atoms with van der Waals surface area (Å²) in [6, 6.07) is 13.8. The molecule has 0 saturated carbocycles. The highest BCUT2D eigenvalue weighted by Crippen LogP contribution is 2.19. The standard InChI is InChI=1S/C18H21ClN4O3/c1-13(16-4-2-3-5-17(16)19)22-12-18(24)21-11-10-20-14-6-8-15(9-7-14)23(25)26/h2-9,13,20,22H,10-12H2,1H3,(H,21,24)/p+1/t13-/m1/s1. The number of rotatable bonds is 9. The van der Waals surface area contributed by atoms with Gasteiger partial charge in [-0.3, -0.25) is 14.9 Å². The van der Waals surface area contributed by atoms with Gasteiger partial charge in [-0.2, -0.15) is 0 Å². The number of carbonyl (C=O) groups excluding carboxylic acids is 1. The zero-order chi connectivity index (χ0) is 18.9. The topological polar surface area (TPSA) is 101 Å². The van der Waals surface area contributed by atoms with Gasteiger partial charge in [-0.15, -0.1) is 0 Å². The summed E-state index contributed by atoms with van der Waals surface area (Å²) in [6.07, 6.45) is 0. The average molecular weight is 378 g/mol. The monoisotopic (exact) mass is 377 g/mol. The Morgan fingerprint density at radius 1 is 1.19 bits per heavy atom. The molecule has 4 N–H and O–H groups in total. The van der Waals surface area contributed by atoms with E-state index in [1.165, 1.54) is 12.1 Å². The Hall–Kier alpha value is -2.64. The first-order valence-electron chi connectivity index (χ1n) is 8.30. The van der Waals surface area contributed by atoms with Crippen LogP contribution in [0.2, 0.25) is 5.02 Å². The van der Waals surface area contributed by atoms with E-state index in [0.717, 1.165) is 11.3 Å². The number of nitrogens with one attached hydrogen (secondary N) is 2. The maximum Gasteiger partial charge on any atom is 0.275 e. The van der Waals surface area contributed by atoms with Crippen LogP contribution in [-0.4, -0.2) is 30.5 Å².